The largest absolute Gasteiger partial charge is 0.0626 e. The molecule has 0 amide bonds. The zero-order valence-electron chi connectivity index (χ0n) is 0.447. The van der Waals surface area contributed by atoms with Crippen LogP contribution in [0.25, 0.3) is 0 Å². The van der Waals surface area contributed by atoms with Crippen molar-refractivity contribution >= 4 is 42.1 Å². The summed E-state index contributed by atoms with van der Waals surface area (Å²) in [5.74, 6) is 0. The fourth-order valence-electron chi connectivity index (χ4n) is 0. The molecule has 0 unspecified atom stereocenters. The van der Waals surface area contributed by atoms with E-state index < -0.39 is 0 Å². The second-order valence-electron chi connectivity index (χ2n) is 0. The molecule has 1 radical (unpaired) electrons. The third-order valence-electron chi connectivity index (χ3n) is 0. The molecule has 0 aromatic rings. The average molecular weight is 125 g/mol. The van der Waals surface area contributed by atoms with Gasteiger partial charge in [-0.15, -0.1) is 0 Å². The zero-order chi connectivity index (χ0) is 0. The van der Waals surface area contributed by atoms with Gasteiger partial charge >= 0.3 is 0 Å². The molecule has 6 heteroatoms. The molecule has 6 heavy (non-hydrogen) atoms. The molecular formula is H20B5V-5. The van der Waals surface area contributed by atoms with Gasteiger partial charge in [-0.05, 0) is 0 Å². The van der Waals surface area contributed by atoms with Crippen molar-refractivity contribution in [3.63, 3.8) is 0 Å². The van der Waals surface area contributed by atoms with Crippen molar-refractivity contribution in [1.29, 1.82) is 0 Å². The van der Waals surface area contributed by atoms with Crippen LogP contribution in [0.3, 0.4) is 0 Å². The summed E-state index contributed by atoms with van der Waals surface area (Å²) in [6.45, 7) is 0. The average Bonchev–Trinajstić information content (AvgIpc) is 0. The van der Waals surface area contributed by atoms with Gasteiger partial charge in [0, 0.05) is 18.6 Å². The van der Waals surface area contributed by atoms with Crippen molar-refractivity contribution in [3.8, 4) is 0 Å². The monoisotopic (exact) mass is 126 g/mol. The van der Waals surface area contributed by atoms with E-state index in [0.717, 1.165) is 0 Å². The summed E-state index contributed by atoms with van der Waals surface area (Å²) in [5.41, 5.74) is 0. The molecule has 0 aliphatic carbocycles. The summed E-state index contributed by atoms with van der Waals surface area (Å²) < 4.78 is 0. The smallest absolute Gasteiger partial charge is 0 e. The standard InChI is InChI=1S/5BH4.V/h5*1H4;/q5*-1;. The summed E-state index contributed by atoms with van der Waals surface area (Å²) >= 11 is 0. The van der Waals surface area contributed by atoms with Crippen LogP contribution in [0.1, 0.15) is 0 Å². The van der Waals surface area contributed by atoms with Gasteiger partial charge in [-0.25, -0.2) is 0 Å². The van der Waals surface area contributed by atoms with Gasteiger partial charge in [-0.1, -0.05) is 42.1 Å². The molecule has 0 bridgehead atoms. The van der Waals surface area contributed by atoms with E-state index in [1.54, 1.807) is 0 Å². The van der Waals surface area contributed by atoms with Gasteiger partial charge < -0.3 is 0 Å². The van der Waals surface area contributed by atoms with E-state index in [9.17, 15) is 0 Å². The van der Waals surface area contributed by atoms with Crippen LogP contribution in [-0.4, -0.2) is 42.1 Å². The van der Waals surface area contributed by atoms with Crippen molar-refractivity contribution in [2.24, 2.45) is 0 Å². The van der Waals surface area contributed by atoms with Gasteiger partial charge in [0.1, 0.15) is 0 Å². The van der Waals surface area contributed by atoms with E-state index in [1.165, 1.54) is 0 Å². The van der Waals surface area contributed by atoms with E-state index in [1.807, 2.05) is 0 Å². The van der Waals surface area contributed by atoms with Crippen molar-refractivity contribution in [2.45, 2.75) is 0 Å². The first-order valence-electron chi connectivity index (χ1n) is 0. The minimum absolute atomic E-state index is 0. The second kappa shape index (κ2) is 172. The normalized spacial score (nSPS) is 0. The molecule has 0 fully saturated rings. The Morgan fingerprint density at radius 3 is 0.333 bits per heavy atom. The number of hydrogen-bond donors (Lipinski definition) is 0. The fourth-order valence-corrected chi connectivity index (χ4v) is 0. The van der Waals surface area contributed by atoms with E-state index in [2.05, 4.69) is 0 Å². The molecule has 0 heterocycles. The fraction of sp³-hybridized carbons (Fsp3) is 0. The quantitative estimate of drug-likeness (QED) is 0.282. The Labute approximate surface area is 61.0 Å². The third kappa shape index (κ3) is 90.8. The maximum Gasteiger partial charge on any atom is 0 e. The first-order chi connectivity index (χ1) is 0. The second-order valence-corrected chi connectivity index (χ2v) is 0. The van der Waals surface area contributed by atoms with E-state index in [-0.39, 0.29) is 60.6 Å². The van der Waals surface area contributed by atoms with Crippen LogP contribution >= 0.6 is 0 Å². The predicted octanol–water partition coefficient (Wildman–Crippen LogP) is -7.26. The molecule has 0 nitrogen and oxygen atoms in total. The Morgan fingerprint density at radius 2 is 0.333 bits per heavy atom. The van der Waals surface area contributed by atoms with Crippen LogP contribution in [-0.2, 0) is 18.6 Å². The molecule has 0 aromatic carbocycles. The molecular weight excluding hydrogens is 105 g/mol. The Hall–Kier alpha value is 0.909. The first-order valence-corrected chi connectivity index (χ1v) is 0. The molecule has 0 aliphatic heterocycles. The predicted molar refractivity (Wildman–Crippen MR) is 56.7 cm³/mol. The van der Waals surface area contributed by atoms with Crippen LogP contribution in [0.4, 0.5) is 0 Å². The van der Waals surface area contributed by atoms with Crippen LogP contribution in [0, 0.1) is 0 Å². The summed E-state index contributed by atoms with van der Waals surface area (Å²) in [7, 11) is 0. The number of rotatable bonds is 0. The van der Waals surface area contributed by atoms with E-state index in [0.29, 0.717) is 0 Å². The number of hydrogen-bond acceptors (Lipinski definition) is 0. The molecule has 0 atom stereocenters. The van der Waals surface area contributed by atoms with Crippen LogP contribution in [0.15, 0.2) is 0 Å². The Balaban J connectivity index is 0. The molecule has 0 saturated heterocycles. The van der Waals surface area contributed by atoms with Crippen molar-refractivity contribution in [3.05, 3.63) is 0 Å². The summed E-state index contributed by atoms with van der Waals surface area (Å²) in [6, 6.07) is 0. The first kappa shape index (κ1) is 292. The van der Waals surface area contributed by atoms with Crippen molar-refractivity contribution in [2.75, 3.05) is 0 Å². The minimum atomic E-state index is 0. The summed E-state index contributed by atoms with van der Waals surface area (Å²) in [4.78, 5) is 0. The van der Waals surface area contributed by atoms with Crippen molar-refractivity contribution in [1.82, 2.24) is 0 Å². The van der Waals surface area contributed by atoms with Gasteiger partial charge in [-0.2, -0.15) is 0 Å². The maximum absolute atomic E-state index is 0. The molecule has 0 aromatic heterocycles. The summed E-state index contributed by atoms with van der Waals surface area (Å²) in [6.07, 6.45) is 0. The van der Waals surface area contributed by atoms with Crippen molar-refractivity contribution < 1.29 is 18.6 Å². The van der Waals surface area contributed by atoms with E-state index >= 15 is 0 Å². The molecule has 0 aliphatic rings. The summed E-state index contributed by atoms with van der Waals surface area (Å²) in [5, 5.41) is 0. The van der Waals surface area contributed by atoms with Gasteiger partial charge in [0.05, 0.1) is 0 Å². The van der Waals surface area contributed by atoms with Gasteiger partial charge in [0.15, 0.2) is 0 Å². The molecule has 0 N–H and O–H groups in total. The van der Waals surface area contributed by atoms with E-state index in [4.69, 9.17) is 0 Å². The van der Waals surface area contributed by atoms with Crippen LogP contribution in [0.2, 0.25) is 0 Å². The molecule has 0 rings (SSSR count). The maximum atomic E-state index is 0. The molecule has 45 valence electrons. The van der Waals surface area contributed by atoms with Gasteiger partial charge in [0.2, 0.25) is 0 Å². The Kier molecular flexibility index (Phi) is 8380. The third-order valence-corrected chi connectivity index (χ3v) is 0. The molecule has 0 spiro atoms. The van der Waals surface area contributed by atoms with Gasteiger partial charge in [0.25, 0.3) is 0 Å². The Bertz CT molecular complexity index is 3.90. The van der Waals surface area contributed by atoms with Crippen LogP contribution in [0.5, 0.6) is 0 Å². The zero-order valence-corrected chi connectivity index (χ0v) is 1.84. The van der Waals surface area contributed by atoms with Gasteiger partial charge in [-0.3, -0.25) is 0 Å². The Morgan fingerprint density at radius 1 is 0.333 bits per heavy atom. The van der Waals surface area contributed by atoms with Crippen LogP contribution < -0.4 is 0 Å². The topological polar surface area (TPSA) is 0 Å². The molecule has 0 saturated carbocycles. The SMILES string of the molecule is [BH4-].[BH4-].[BH4-].[BH4-].[BH4-].[V]. The minimum Gasteiger partial charge on any atom is -0.0626 e.